The van der Waals surface area contributed by atoms with Crippen LogP contribution in [-0.2, 0) is 9.53 Å². The van der Waals surface area contributed by atoms with Crippen LogP contribution in [0.25, 0.3) is 0 Å². The second kappa shape index (κ2) is 8.54. The Hall–Kier alpha value is -0.0500. The predicted octanol–water partition coefficient (Wildman–Crippen LogP) is 3.14. The van der Waals surface area contributed by atoms with Crippen molar-refractivity contribution < 1.29 is 9.53 Å². The number of rotatable bonds is 7. The van der Waals surface area contributed by atoms with Crippen molar-refractivity contribution in [2.75, 3.05) is 11.9 Å². The van der Waals surface area contributed by atoms with Crippen molar-refractivity contribution in [2.24, 2.45) is 5.92 Å². The second-order valence-electron chi connectivity index (χ2n) is 3.31. The molecule has 1 unspecified atom stereocenters. The largest absolute Gasteiger partial charge is 0.466 e. The Labute approximate surface area is 89.2 Å². The van der Waals surface area contributed by atoms with E-state index in [1.807, 2.05) is 6.92 Å². The van der Waals surface area contributed by atoms with Crippen molar-refractivity contribution >= 4 is 21.9 Å². The van der Waals surface area contributed by atoms with Gasteiger partial charge >= 0.3 is 5.97 Å². The molecule has 2 nitrogen and oxygen atoms in total. The monoisotopic (exact) mass is 250 g/mol. The molecule has 1 atom stereocenters. The van der Waals surface area contributed by atoms with Gasteiger partial charge in [-0.25, -0.2) is 0 Å². The molecule has 0 aliphatic carbocycles. The summed E-state index contributed by atoms with van der Waals surface area (Å²) >= 11 is 3.43. The van der Waals surface area contributed by atoms with E-state index < -0.39 is 0 Å². The van der Waals surface area contributed by atoms with E-state index >= 15 is 0 Å². The summed E-state index contributed by atoms with van der Waals surface area (Å²) in [7, 11) is 0. The molecule has 0 amide bonds. The highest BCUT2D eigenvalue weighted by atomic mass is 79.9. The summed E-state index contributed by atoms with van der Waals surface area (Å²) in [5.74, 6) is 0.649. The van der Waals surface area contributed by atoms with Crippen LogP contribution in [0, 0.1) is 5.92 Å². The zero-order valence-corrected chi connectivity index (χ0v) is 10.1. The van der Waals surface area contributed by atoms with Crippen LogP contribution in [0.4, 0.5) is 0 Å². The average Bonchev–Trinajstić information content (AvgIpc) is 2.12. The summed E-state index contributed by atoms with van der Waals surface area (Å²) in [5, 5.41) is 1.05. The maximum Gasteiger partial charge on any atom is 0.305 e. The molecule has 78 valence electrons. The van der Waals surface area contributed by atoms with Gasteiger partial charge in [-0.05, 0) is 25.7 Å². The number of unbranched alkanes of at least 4 members (excludes halogenated alkanes) is 1. The highest BCUT2D eigenvalue weighted by Gasteiger charge is 2.03. The summed E-state index contributed by atoms with van der Waals surface area (Å²) in [6, 6.07) is 0. The molecular formula is C10H19BrO2. The van der Waals surface area contributed by atoms with Gasteiger partial charge in [0, 0.05) is 11.8 Å². The number of carbonyl (C=O) groups excluding carboxylic acids is 1. The summed E-state index contributed by atoms with van der Waals surface area (Å²) in [4.78, 5) is 10.9. The predicted molar refractivity (Wildman–Crippen MR) is 58.1 cm³/mol. The van der Waals surface area contributed by atoms with E-state index in [2.05, 4.69) is 22.9 Å². The lowest BCUT2D eigenvalue weighted by Crippen LogP contribution is -2.04. The summed E-state index contributed by atoms with van der Waals surface area (Å²) in [6.45, 7) is 4.54. The van der Waals surface area contributed by atoms with Gasteiger partial charge in [0.15, 0.2) is 0 Å². The number of halogens is 1. The number of esters is 1. The summed E-state index contributed by atoms with van der Waals surface area (Å²) < 4.78 is 4.83. The third-order valence-corrected chi connectivity index (χ3v) is 3.00. The van der Waals surface area contributed by atoms with E-state index in [1.165, 1.54) is 6.42 Å². The lowest BCUT2D eigenvalue weighted by atomic mass is 10.1. The molecule has 0 heterocycles. The maximum absolute atomic E-state index is 10.9. The Kier molecular flexibility index (Phi) is 8.51. The minimum Gasteiger partial charge on any atom is -0.466 e. The molecule has 0 bridgehead atoms. The maximum atomic E-state index is 10.9. The first-order valence-corrected chi connectivity index (χ1v) is 6.04. The smallest absolute Gasteiger partial charge is 0.305 e. The Balaban J connectivity index is 3.20. The van der Waals surface area contributed by atoms with Crippen LogP contribution in [0.5, 0.6) is 0 Å². The average molecular weight is 251 g/mol. The molecule has 0 radical (unpaired) electrons. The van der Waals surface area contributed by atoms with Crippen LogP contribution >= 0.6 is 15.9 Å². The molecule has 0 saturated carbocycles. The van der Waals surface area contributed by atoms with Crippen molar-refractivity contribution in [1.82, 2.24) is 0 Å². The fraction of sp³-hybridized carbons (Fsp3) is 0.900. The molecule has 0 rings (SSSR count). The number of hydrogen-bond acceptors (Lipinski definition) is 2. The van der Waals surface area contributed by atoms with Crippen molar-refractivity contribution in [3.8, 4) is 0 Å². The highest BCUT2D eigenvalue weighted by molar-refractivity contribution is 9.09. The minimum absolute atomic E-state index is 0.0611. The Morgan fingerprint density at radius 3 is 2.69 bits per heavy atom. The minimum atomic E-state index is -0.0611. The normalized spacial score (nSPS) is 12.5. The lowest BCUT2D eigenvalue weighted by molar-refractivity contribution is -0.143. The van der Waals surface area contributed by atoms with E-state index in [1.54, 1.807) is 0 Å². The second-order valence-corrected chi connectivity index (χ2v) is 3.96. The van der Waals surface area contributed by atoms with Crippen LogP contribution < -0.4 is 0 Å². The van der Waals surface area contributed by atoms with Gasteiger partial charge in [0.25, 0.3) is 0 Å². The Bertz CT molecular complexity index is 137. The number of hydrogen-bond donors (Lipinski definition) is 0. The van der Waals surface area contributed by atoms with Gasteiger partial charge in [-0.1, -0.05) is 29.3 Å². The standard InChI is InChI=1S/C10H19BrO2/c1-3-13-10(12)7-5-4-6-9(2)8-11/h9H,3-8H2,1-2H3. The van der Waals surface area contributed by atoms with Gasteiger partial charge in [-0.3, -0.25) is 4.79 Å². The van der Waals surface area contributed by atoms with Crippen LogP contribution in [0.3, 0.4) is 0 Å². The lowest BCUT2D eigenvalue weighted by Gasteiger charge is -2.06. The Morgan fingerprint density at radius 2 is 2.15 bits per heavy atom. The first kappa shape index (κ1) is 12.9. The first-order valence-electron chi connectivity index (χ1n) is 4.92. The molecule has 3 heteroatoms. The van der Waals surface area contributed by atoms with E-state index in [0.717, 1.165) is 18.2 Å². The van der Waals surface area contributed by atoms with E-state index in [9.17, 15) is 4.79 Å². The number of alkyl halides is 1. The SMILES string of the molecule is CCOC(=O)CCCCC(C)CBr. The molecule has 0 aliphatic rings. The van der Waals surface area contributed by atoms with Crippen LogP contribution in [0.1, 0.15) is 39.5 Å². The van der Waals surface area contributed by atoms with Crippen LogP contribution in [-0.4, -0.2) is 17.9 Å². The summed E-state index contributed by atoms with van der Waals surface area (Å²) in [6.07, 6.45) is 3.83. The quantitative estimate of drug-likeness (QED) is 0.394. The summed E-state index contributed by atoms with van der Waals surface area (Å²) in [5.41, 5.74) is 0. The van der Waals surface area contributed by atoms with Crippen molar-refractivity contribution in [3.63, 3.8) is 0 Å². The molecule has 0 aromatic heterocycles. The van der Waals surface area contributed by atoms with E-state index in [4.69, 9.17) is 4.74 Å². The van der Waals surface area contributed by atoms with E-state index in [-0.39, 0.29) is 5.97 Å². The van der Waals surface area contributed by atoms with Gasteiger partial charge < -0.3 is 4.74 Å². The fourth-order valence-electron chi connectivity index (χ4n) is 1.07. The number of carbonyl (C=O) groups is 1. The third-order valence-electron chi connectivity index (χ3n) is 1.90. The van der Waals surface area contributed by atoms with Gasteiger partial charge in [0.05, 0.1) is 6.61 Å². The van der Waals surface area contributed by atoms with Crippen LogP contribution in [0.2, 0.25) is 0 Å². The van der Waals surface area contributed by atoms with Crippen LogP contribution in [0.15, 0.2) is 0 Å². The number of ether oxygens (including phenoxy) is 1. The van der Waals surface area contributed by atoms with Gasteiger partial charge in [0.1, 0.15) is 0 Å². The Morgan fingerprint density at radius 1 is 1.46 bits per heavy atom. The molecule has 0 aromatic carbocycles. The molecule has 0 N–H and O–H groups in total. The van der Waals surface area contributed by atoms with E-state index in [0.29, 0.717) is 18.9 Å². The highest BCUT2D eigenvalue weighted by Crippen LogP contribution is 2.11. The molecule has 0 spiro atoms. The van der Waals surface area contributed by atoms with Crippen molar-refractivity contribution in [1.29, 1.82) is 0 Å². The van der Waals surface area contributed by atoms with Gasteiger partial charge in [0.2, 0.25) is 0 Å². The van der Waals surface area contributed by atoms with Gasteiger partial charge in [-0.15, -0.1) is 0 Å². The van der Waals surface area contributed by atoms with Crippen molar-refractivity contribution in [2.45, 2.75) is 39.5 Å². The first-order chi connectivity index (χ1) is 6.20. The molecular weight excluding hydrogens is 232 g/mol. The fourth-order valence-corrected chi connectivity index (χ4v) is 1.40. The molecule has 0 saturated heterocycles. The molecule has 0 aliphatic heterocycles. The molecule has 0 aromatic rings. The molecule has 0 fully saturated rings. The zero-order chi connectivity index (χ0) is 10.1. The topological polar surface area (TPSA) is 26.3 Å². The molecule has 13 heavy (non-hydrogen) atoms. The van der Waals surface area contributed by atoms with Gasteiger partial charge in [-0.2, -0.15) is 0 Å². The van der Waals surface area contributed by atoms with Crippen molar-refractivity contribution in [3.05, 3.63) is 0 Å². The zero-order valence-electron chi connectivity index (χ0n) is 8.51. The third kappa shape index (κ3) is 8.28.